The molecule has 1 fully saturated rings. The van der Waals surface area contributed by atoms with Crippen molar-refractivity contribution in [3.63, 3.8) is 0 Å². The van der Waals surface area contributed by atoms with Gasteiger partial charge in [0.2, 0.25) is 0 Å². The highest BCUT2D eigenvalue weighted by molar-refractivity contribution is 5.87. The van der Waals surface area contributed by atoms with Gasteiger partial charge in [0.05, 0.1) is 0 Å². The average Bonchev–Trinajstić information content (AvgIpc) is 3.01. The van der Waals surface area contributed by atoms with E-state index in [-0.39, 0.29) is 12.5 Å². The Balaban J connectivity index is 1.95. The SMILES string of the molecule is CN(C#N)C(=O)[C@@H]1CCCN1C(=O)OCc1ccccc1. The number of rotatable bonds is 3. The molecule has 0 bridgehead atoms. The minimum absolute atomic E-state index is 0.172. The summed E-state index contributed by atoms with van der Waals surface area (Å²) in [6, 6.07) is 8.75. The van der Waals surface area contributed by atoms with Gasteiger partial charge in [0.1, 0.15) is 12.6 Å². The zero-order valence-corrected chi connectivity index (χ0v) is 11.9. The highest BCUT2D eigenvalue weighted by atomic mass is 16.6. The minimum atomic E-state index is -0.599. The molecule has 0 saturated carbocycles. The summed E-state index contributed by atoms with van der Waals surface area (Å²) in [5.41, 5.74) is 0.891. The van der Waals surface area contributed by atoms with E-state index in [0.717, 1.165) is 16.9 Å². The molecular weight excluding hydrogens is 270 g/mol. The van der Waals surface area contributed by atoms with E-state index in [1.807, 2.05) is 30.3 Å². The van der Waals surface area contributed by atoms with Crippen molar-refractivity contribution < 1.29 is 14.3 Å². The highest BCUT2D eigenvalue weighted by Crippen LogP contribution is 2.20. The predicted molar refractivity (Wildman–Crippen MR) is 74.7 cm³/mol. The molecular formula is C15H17N3O3. The Kier molecular flexibility index (Phi) is 4.77. The molecule has 0 spiro atoms. The molecule has 0 N–H and O–H groups in total. The van der Waals surface area contributed by atoms with Gasteiger partial charge in [-0.1, -0.05) is 30.3 Å². The van der Waals surface area contributed by atoms with Crippen LogP contribution in [0.5, 0.6) is 0 Å². The van der Waals surface area contributed by atoms with E-state index in [0.29, 0.717) is 13.0 Å². The third kappa shape index (κ3) is 3.51. The summed E-state index contributed by atoms with van der Waals surface area (Å²) >= 11 is 0. The summed E-state index contributed by atoms with van der Waals surface area (Å²) in [4.78, 5) is 26.5. The van der Waals surface area contributed by atoms with Crippen LogP contribution in [-0.4, -0.2) is 41.4 Å². The topological polar surface area (TPSA) is 73.6 Å². The molecule has 1 aromatic carbocycles. The van der Waals surface area contributed by atoms with Gasteiger partial charge < -0.3 is 4.74 Å². The van der Waals surface area contributed by atoms with Crippen molar-refractivity contribution in [3.8, 4) is 6.19 Å². The van der Waals surface area contributed by atoms with Crippen molar-refractivity contribution in [2.75, 3.05) is 13.6 Å². The van der Waals surface area contributed by atoms with E-state index < -0.39 is 12.1 Å². The zero-order valence-electron chi connectivity index (χ0n) is 11.9. The maximum atomic E-state index is 12.1. The fourth-order valence-corrected chi connectivity index (χ4v) is 2.32. The number of carbonyl (C=O) groups excluding carboxylic acids is 2. The van der Waals surface area contributed by atoms with Crippen LogP contribution >= 0.6 is 0 Å². The van der Waals surface area contributed by atoms with Crippen molar-refractivity contribution in [3.05, 3.63) is 35.9 Å². The molecule has 1 atom stereocenters. The van der Waals surface area contributed by atoms with Gasteiger partial charge in [0, 0.05) is 13.6 Å². The van der Waals surface area contributed by atoms with Crippen LogP contribution in [0.15, 0.2) is 30.3 Å². The predicted octanol–water partition coefficient (Wildman–Crippen LogP) is 1.73. The second-order valence-electron chi connectivity index (χ2n) is 4.89. The van der Waals surface area contributed by atoms with Gasteiger partial charge in [-0.15, -0.1) is 0 Å². The Hall–Kier alpha value is -2.55. The van der Waals surface area contributed by atoms with Crippen LogP contribution in [0.2, 0.25) is 0 Å². The van der Waals surface area contributed by atoms with Crippen LogP contribution in [0.25, 0.3) is 0 Å². The number of hydrogen-bond donors (Lipinski definition) is 0. The molecule has 1 aliphatic rings. The van der Waals surface area contributed by atoms with Crippen LogP contribution < -0.4 is 0 Å². The van der Waals surface area contributed by atoms with Crippen LogP contribution in [0.1, 0.15) is 18.4 Å². The number of likely N-dealkylation sites (N-methyl/N-ethyl adjacent to an activating group) is 1. The quantitative estimate of drug-likeness (QED) is 0.627. The average molecular weight is 287 g/mol. The van der Waals surface area contributed by atoms with Gasteiger partial charge in [-0.2, -0.15) is 5.26 Å². The number of ether oxygens (including phenoxy) is 1. The van der Waals surface area contributed by atoms with Gasteiger partial charge in [-0.3, -0.25) is 14.6 Å². The smallest absolute Gasteiger partial charge is 0.410 e. The zero-order chi connectivity index (χ0) is 15.2. The molecule has 1 aliphatic heterocycles. The van der Waals surface area contributed by atoms with Crippen molar-refractivity contribution in [2.45, 2.75) is 25.5 Å². The largest absolute Gasteiger partial charge is 0.445 e. The first-order valence-electron chi connectivity index (χ1n) is 6.78. The Morgan fingerprint density at radius 1 is 1.43 bits per heavy atom. The first kappa shape index (κ1) is 14.9. The van der Waals surface area contributed by atoms with E-state index in [1.54, 1.807) is 6.19 Å². The first-order chi connectivity index (χ1) is 10.1. The number of hydrogen-bond acceptors (Lipinski definition) is 4. The third-order valence-electron chi connectivity index (χ3n) is 3.46. The monoisotopic (exact) mass is 287 g/mol. The Morgan fingerprint density at radius 3 is 2.81 bits per heavy atom. The van der Waals surface area contributed by atoms with Crippen LogP contribution in [-0.2, 0) is 16.1 Å². The Bertz CT molecular complexity index is 553. The van der Waals surface area contributed by atoms with E-state index in [2.05, 4.69) is 0 Å². The Labute approximate surface area is 123 Å². The van der Waals surface area contributed by atoms with Crippen molar-refractivity contribution in [1.82, 2.24) is 9.80 Å². The Morgan fingerprint density at radius 2 is 2.14 bits per heavy atom. The second kappa shape index (κ2) is 6.75. The third-order valence-corrected chi connectivity index (χ3v) is 3.46. The molecule has 0 unspecified atom stereocenters. The van der Waals surface area contributed by atoms with Crippen LogP contribution in [0.4, 0.5) is 4.79 Å². The molecule has 1 saturated heterocycles. The number of carbonyl (C=O) groups is 2. The molecule has 1 aromatic rings. The van der Waals surface area contributed by atoms with Gasteiger partial charge in [0.25, 0.3) is 5.91 Å². The maximum absolute atomic E-state index is 12.1. The summed E-state index contributed by atoms with van der Waals surface area (Å²) in [6.07, 6.45) is 2.54. The van der Waals surface area contributed by atoms with E-state index >= 15 is 0 Å². The van der Waals surface area contributed by atoms with Gasteiger partial charge in [0.15, 0.2) is 6.19 Å². The number of nitriles is 1. The van der Waals surface area contributed by atoms with E-state index in [9.17, 15) is 9.59 Å². The van der Waals surface area contributed by atoms with Crippen molar-refractivity contribution in [1.29, 1.82) is 5.26 Å². The molecule has 0 aliphatic carbocycles. The molecule has 21 heavy (non-hydrogen) atoms. The summed E-state index contributed by atoms with van der Waals surface area (Å²) in [5, 5.41) is 8.76. The lowest BCUT2D eigenvalue weighted by Gasteiger charge is -2.24. The lowest BCUT2D eigenvalue weighted by Crippen LogP contribution is -2.45. The molecule has 1 heterocycles. The fourth-order valence-electron chi connectivity index (χ4n) is 2.32. The van der Waals surface area contributed by atoms with Crippen LogP contribution in [0.3, 0.4) is 0 Å². The number of benzene rings is 1. The standard InChI is InChI=1S/C15H17N3O3/c1-17(11-16)14(19)13-8-5-9-18(13)15(20)21-10-12-6-3-2-4-7-12/h2-4,6-7,13H,5,8-10H2,1H3/t13-/m0/s1. The van der Waals surface area contributed by atoms with Gasteiger partial charge >= 0.3 is 6.09 Å². The highest BCUT2D eigenvalue weighted by Gasteiger charge is 2.36. The molecule has 2 rings (SSSR count). The fraction of sp³-hybridized carbons (Fsp3) is 0.400. The van der Waals surface area contributed by atoms with Crippen molar-refractivity contribution >= 4 is 12.0 Å². The first-order valence-corrected chi connectivity index (χ1v) is 6.78. The molecule has 0 radical (unpaired) electrons. The van der Waals surface area contributed by atoms with E-state index in [1.165, 1.54) is 11.9 Å². The molecule has 0 aromatic heterocycles. The number of amides is 2. The molecule has 6 heteroatoms. The molecule has 6 nitrogen and oxygen atoms in total. The summed E-state index contributed by atoms with van der Waals surface area (Å²) in [7, 11) is 1.40. The van der Waals surface area contributed by atoms with E-state index in [4.69, 9.17) is 10.00 Å². The van der Waals surface area contributed by atoms with Crippen molar-refractivity contribution in [2.24, 2.45) is 0 Å². The number of likely N-dealkylation sites (tertiary alicyclic amines) is 1. The molecule has 2 amide bonds. The maximum Gasteiger partial charge on any atom is 0.410 e. The second-order valence-corrected chi connectivity index (χ2v) is 4.89. The normalized spacial score (nSPS) is 17.1. The summed E-state index contributed by atoms with van der Waals surface area (Å²) in [5.74, 6) is -0.369. The minimum Gasteiger partial charge on any atom is -0.445 e. The molecule has 110 valence electrons. The van der Waals surface area contributed by atoms with Gasteiger partial charge in [-0.05, 0) is 18.4 Å². The summed E-state index contributed by atoms with van der Waals surface area (Å²) < 4.78 is 5.24. The van der Waals surface area contributed by atoms with Crippen LogP contribution in [0, 0.1) is 11.5 Å². The lowest BCUT2D eigenvalue weighted by atomic mass is 10.2. The summed E-state index contributed by atoms with van der Waals surface area (Å²) in [6.45, 7) is 0.647. The number of nitrogens with zero attached hydrogens (tertiary/aromatic N) is 3. The lowest BCUT2D eigenvalue weighted by molar-refractivity contribution is -0.131. The van der Waals surface area contributed by atoms with Gasteiger partial charge in [-0.25, -0.2) is 4.79 Å².